The van der Waals surface area contributed by atoms with Gasteiger partial charge in [-0.3, -0.25) is 9.69 Å². The molecule has 0 saturated carbocycles. The highest BCUT2D eigenvalue weighted by Gasteiger charge is 2.25. The minimum Gasteiger partial charge on any atom is -0.420 e. The Morgan fingerprint density at radius 2 is 2.03 bits per heavy atom. The van der Waals surface area contributed by atoms with Gasteiger partial charge in [0.05, 0.1) is 11.2 Å². The fraction of sp³-hybridized carbons (Fsp3) is 0.360. The number of hydrogen-bond acceptors (Lipinski definition) is 8. The SMILES string of the molecule is C[C@H]1CNc2c(sc3ccc4nc(Oc5nc(Cl)ncc5CN(C)C(C)(C)C)ccc4c23)C(=O)N1. The first-order chi connectivity index (χ1) is 16.6. The van der Waals surface area contributed by atoms with Crippen LogP contribution in [0.5, 0.6) is 11.8 Å². The van der Waals surface area contributed by atoms with Crippen LogP contribution in [0.15, 0.2) is 30.5 Å². The zero-order valence-corrected chi connectivity index (χ0v) is 21.8. The fourth-order valence-electron chi connectivity index (χ4n) is 3.92. The Kier molecular flexibility index (Phi) is 6.03. The van der Waals surface area contributed by atoms with Crippen molar-refractivity contribution in [1.29, 1.82) is 0 Å². The number of anilines is 1. The van der Waals surface area contributed by atoms with Crippen LogP contribution < -0.4 is 15.4 Å². The van der Waals surface area contributed by atoms with Crippen molar-refractivity contribution < 1.29 is 9.53 Å². The van der Waals surface area contributed by atoms with Gasteiger partial charge in [-0.15, -0.1) is 11.3 Å². The van der Waals surface area contributed by atoms with E-state index in [1.54, 1.807) is 6.20 Å². The normalized spacial score (nSPS) is 16.2. The summed E-state index contributed by atoms with van der Waals surface area (Å²) in [6.45, 7) is 9.66. The number of carbonyl (C=O) groups is 1. The summed E-state index contributed by atoms with van der Waals surface area (Å²) in [4.78, 5) is 28.8. The van der Waals surface area contributed by atoms with Gasteiger partial charge in [0.15, 0.2) is 0 Å². The van der Waals surface area contributed by atoms with Crippen LogP contribution in [0.1, 0.15) is 42.9 Å². The third kappa shape index (κ3) is 4.63. The number of nitrogens with one attached hydrogen (secondary N) is 2. The third-order valence-corrected chi connectivity index (χ3v) is 7.55. The lowest BCUT2D eigenvalue weighted by Gasteiger charge is -2.31. The molecule has 0 bridgehead atoms. The summed E-state index contributed by atoms with van der Waals surface area (Å²) in [6.07, 6.45) is 1.69. The smallest absolute Gasteiger partial charge is 0.263 e. The molecule has 8 nitrogen and oxygen atoms in total. The number of rotatable bonds is 4. The molecule has 4 heterocycles. The lowest BCUT2D eigenvalue weighted by atomic mass is 10.1. The maximum atomic E-state index is 12.7. The number of halogens is 1. The molecular weight excluding hydrogens is 484 g/mol. The second kappa shape index (κ2) is 8.89. The molecule has 1 aromatic carbocycles. The van der Waals surface area contributed by atoms with E-state index >= 15 is 0 Å². The zero-order valence-electron chi connectivity index (χ0n) is 20.3. The Hall–Kier alpha value is -3.01. The van der Waals surface area contributed by atoms with E-state index in [0.717, 1.165) is 32.2 Å². The monoisotopic (exact) mass is 510 g/mol. The molecule has 0 aliphatic carbocycles. The number of carbonyl (C=O) groups excluding carboxylic acids is 1. The molecule has 0 spiro atoms. The van der Waals surface area contributed by atoms with Crippen molar-refractivity contribution in [2.24, 2.45) is 0 Å². The number of pyridine rings is 1. The molecule has 5 rings (SSSR count). The van der Waals surface area contributed by atoms with Gasteiger partial charge < -0.3 is 15.4 Å². The van der Waals surface area contributed by atoms with Gasteiger partial charge in [0.1, 0.15) is 4.88 Å². The summed E-state index contributed by atoms with van der Waals surface area (Å²) >= 11 is 7.57. The average molecular weight is 511 g/mol. The molecule has 35 heavy (non-hydrogen) atoms. The molecule has 4 aromatic rings. The van der Waals surface area contributed by atoms with Crippen LogP contribution in [0.4, 0.5) is 5.69 Å². The summed E-state index contributed by atoms with van der Waals surface area (Å²) in [5.74, 6) is 0.742. The predicted octanol–water partition coefficient (Wildman–Crippen LogP) is 5.46. The largest absolute Gasteiger partial charge is 0.420 e. The Labute approximate surface area is 212 Å². The molecule has 10 heteroatoms. The van der Waals surface area contributed by atoms with Crippen LogP contribution in [0.2, 0.25) is 5.28 Å². The fourth-order valence-corrected chi connectivity index (χ4v) is 5.15. The first-order valence-corrected chi connectivity index (χ1v) is 12.6. The number of benzene rings is 1. The van der Waals surface area contributed by atoms with E-state index in [9.17, 15) is 4.79 Å². The van der Waals surface area contributed by atoms with Gasteiger partial charge in [-0.2, -0.15) is 4.98 Å². The van der Waals surface area contributed by atoms with Gasteiger partial charge in [-0.05, 0) is 64.5 Å². The van der Waals surface area contributed by atoms with Gasteiger partial charge in [0.2, 0.25) is 17.0 Å². The molecule has 0 radical (unpaired) electrons. The Balaban J connectivity index is 1.52. The molecule has 1 aliphatic rings. The first kappa shape index (κ1) is 23.7. The van der Waals surface area contributed by atoms with Crippen LogP contribution in [0.3, 0.4) is 0 Å². The van der Waals surface area contributed by atoms with E-state index in [1.165, 1.54) is 11.3 Å². The van der Waals surface area contributed by atoms with Crippen molar-refractivity contribution in [3.05, 3.63) is 46.2 Å². The molecule has 3 aromatic heterocycles. The lowest BCUT2D eigenvalue weighted by molar-refractivity contribution is 0.0949. The van der Waals surface area contributed by atoms with Crippen LogP contribution in [-0.2, 0) is 6.54 Å². The summed E-state index contributed by atoms with van der Waals surface area (Å²) in [7, 11) is 2.04. The van der Waals surface area contributed by atoms with E-state index in [0.29, 0.717) is 29.7 Å². The minimum atomic E-state index is -0.0480. The van der Waals surface area contributed by atoms with Gasteiger partial charge in [0.25, 0.3) is 5.91 Å². The summed E-state index contributed by atoms with van der Waals surface area (Å²) in [5, 5.41) is 8.55. The van der Waals surface area contributed by atoms with Crippen molar-refractivity contribution in [2.75, 3.05) is 18.9 Å². The molecule has 2 N–H and O–H groups in total. The molecule has 1 atom stereocenters. The van der Waals surface area contributed by atoms with E-state index < -0.39 is 0 Å². The topological polar surface area (TPSA) is 92.3 Å². The summed E-state index contributed by atoms with van der Waals surface area (Å²) < 4.78 is 7.15. The van der Waals surface area contributed by atoms with Crippen molar-refractivity contribution in [2.45, 2.75) is 45.8 Å². The summed E-state index contributed by atoms with van der Waals surface area (Å²) in [5.41, 5.74) is 2.41. The molecule has 0 unspecified atom stereocenters. The number of hydrogen-bond donors (Lipinski definition) is 2. The van der Waals surface area contributed by atoms with Crippen LogP contribution in [-0.4, -0.2) is 50.9 Å². The van der Waals surface area contributed by atoms with Crippen molar-refractivity contribution in [3.8, 4) is 11.8 Å². The zero-order chi connectivity index (χ0) is 24.9. The van der Waals surface area contributed by atoms with Crippen molar-refractivity contribution in [1.82, 2.24) is 25.2 Å². The lowest BCUT2D eigenvalue weighted by Crippen LogP contribution is -2.37. The Bertz CT molecular complexity index is 1450. The third-order valence-electron chi connectivity index (χ3n) is 6.21. The second-order valence-electron chi connectivity index (χ2n) is 9.81. The second-order valence-corrected chi connectivity index (χ2v) is 11.2. The molecule has 1 amide bonds. The van der Waals surface area contributed by atoms with Gasteiger partial charge in [-0.25, -0.2) is 9.97 Å². The van der Waals surface area contributed by atoms with E-state index in [2.05, 4.69) is 46.3 Å². The van der Waals surface area contributed by atoms with Crippen molar-refractivity contribution >= 4 is 55.5 Å². The number of amides is 1. The highest BCUT2D eigenvalue weighted by molar-refractivity contribution is 7.21. The van der Waals surface area contributed by atoms with Crippen molar-refractivity contribution in [3.63, 3.8) is 0 Å². The van der Waals surface area contributed by atoms with E-state index in [4.69, 9.17) is 21.3 Å². The van der Waals surface area contributed by atoms with E-state index in [-0.39, 0.29) is 22.8 Å². The molecule has 182 valence electrons. The van der Waals surface area contributed by atoms with Crippen LogP contribution in [0.25, 0.3) is 21.0 Å². The minimum absolute atomic E-state index is 0.0369. The van der Waals surface area contributed by atoms with Gasteiger partial charge >= 0.3 is 0 Å². The molecule has 1 aliphatic heterocycles. The first-order valence-electron chi connectivity index (χ1n) is 11.4. The van der Waals surface area contributed by atoms with Gasteiger partial charge in [0, 0.05) is 58.0 Å². The van der Waals surface area contributed by atoms with Gasteiger partial charge in [-0.1, -0.05) is 0 Å². The number of thiophene rings is 1. The maximum Gasteiger partial charge on any atom is 0.263 e. The number of nitrogens with zero attached hydrogens (tertiary/aromatic N) is 4. The number of aromatic nitrogens is 3. The Morgan fingerprint density at radius 1 is 1.23 bits per heavy atom. The summed E-state index contributed by atoms with van der Waals surface area (Å²) in [6, 6.07) is 7.79. The van der Waals surface area contributed by atoms with Crippen LogP contribution in [0, 0.1) is 0 Å². The van der Waals surface area contributed by atoms with E-state index in [1.807, 2.05) is 38.2 Å². The highest BCUT2D eigenvalue weighted by Crippen LogP contribution is 2.41. The molecule has 0 saturated heterocycles. The quantitative estimate of drug-likeness (QED) is 0.352. The highest BCUT2D eigenvalue weighted by atomic mass is 35.5. The average Bonchev–Trinajstić information content (AvgIpc) is 3.11. The molecule has 0 fully saturated rings. The number of fused-ring (bicyclic) bond motifs is 5. The Morgan fingerprint density at radius 3 is 2.80 bits per heavy atom. The molecular formula is C25H27ClN6O2S. The standard InChI is InChI=1S/C25H27ClN6O2S/c1-13-10-27-20-19-15-6-9-18(30-16(15)7-8-17(19)35-21(20)22(33)29-13)34-23-14(11-28-24(26)31-23)12-32(5)25(2,3)4/h6-9,11,13,27H,10,12H2,1-5H3,(H,29,33)/t13-/m0/s1. The maximum absolute atomic E-state index is 12.7. The predicted molar refractivity (Wildman–Crippen MR) is 141 cm³/mol. The number of ether oxygens (including phenoxy) is 1. The van der Waals surface area contributed by atoms with Crippen LogP contribution >= 0.6 is 22.9 Å².